The standard InChI is InChI=1S/C4H4N2OS.2ClH/c5-4(7)3-1-8-2-6-3;;/h1-2H,(H2,5,7);2*1H. The number of hydrogen-bond acceptors (Lipinski definition) is 3. The Balaban J connectivity index is 0. The average Bonchev–Trinajstić information content (AvgIpc) is 2.12. The quantitative estimate of drug-likeness (QED) is 0.739. The number of nitrogens with zero attached hydrogens (tertiary/aromatic N) is 1. The lowest BCUT2D eigenvalue weighted by atomic mass is 10.5. The molecule has 0 aliphatic rings. The fraction of sp³-hybridized carbons (Fsp3) is 0. The van der Waals surface area contributed by atoms with Gasteiger partial charge in [-0.3, -0.25) is 4.79 Å². The molecule has 1 aromatic heterocycles. The van der Waals surface area contributed by atoms with Crippen molar-refractivity contribution in [2.45, 2.75) is 0 Å². The molecule has 0 atom stereocenters. The molecule has 0 saturated heterocycles. The zero-order valence-corrected chi connectivity index (χ0v) is 7.26. The summed E-state index contributed by atoms with van der Waals surface area (Å²) >= 11 is 1.36. The third-order valence-corrected chi connectivity index (χ3v) is 1.27. The maximum atomic E-state index is 10.2. The van der Waals surface area contributed by atoms with Crippen molar-refractivity contribution in [2.75, 3.05) is 0 Å². The number of aromatic nitrogens is 1. The molecule has 1 heterocycles. The van der Waals surface area contributed by atoms with Crippen LogP contribution in [0.1, 0.15) is 10.5 Å². The predicted molar refractivity (Wildman–Crippen MR) is 45.1 cm³/mol. The van der Waals surface area contributed by atoms with E-state index >= 15 is 0 Å². The summed E-state index contributed by atoms with van der Waals surface area (Å²) in [7, 11) is 0. The number of nitrogens with two attached hydrogens (primary N) is 1. The normalized spacial score (nSPS) is 7.20. The average molecular weight is 201 g/mol. The van der Waals surface area contributed by atoms with Crippen LogP contribution in [-0.2, 0) is 0 Å². The van der Waals surface area contributed by atoms with E-state index in [1.807, 2.05) is 0 Å². The van der Waals surface area contributed by atoms with Gasteiger partial charge in [0.15, 0.2) is 0 Å². The van der Waals surface area contributed by atoms with Crippen LogP contribution in [0.25, 0.3) is 0 Å². The molecule has 1 amide bonds. The van der Waals surface area contributed by atoms with Crippen molar-refractivity contribution in [3.05, 3.63) is 16.6 Å². The number of primary amides is 1. The molecule has 0 spiro atoms. The first-order valence-corrected chi connectivity index (χ1v) is 2.93. The van der Waals surface area contributed by atoms with E-state index in [0.29, 0.717) is 5.69 Å². The molecule has 6 heteroatoms. The van der Waals surface area contributed by atoms with E-state index in [2.05, 4.69) is 4.98 Å². The molecule has 0 bridgehead atoms. The monoisotopic (exact) mass is 200 g/mol. The Kier molecular flexibility index (Phi) is 6.76. The van der Waals surface area contributed by atoms with E-state index in [9.17, 15) is 4.79 Å². The second-order valence-corrected chi connectivity index (χ2v) is 1.96. The number of rotatable bonds is 1. The van der Waals surface area contributed by atoms with Crippen molar-refractivity contribution in [3.8, 4) is 0 Å². The van der Waals surface area contributed by atoms with Gasteiger partial charge in [0.2, 0.25) is 0 Å². The highest BCUT2D eigenvalue weighted by Gasteiger charge is 1.98. The van der Waals surface area contributed by atoms with E-state index in [4.69, 9.17) is 5.73 Å². The Labute approximate surface area is 74.5 Å². The molecule has 1 rings (SSSR count). The highest BCUT2D eigenvalue weighted by molar-refractivity contribution is 7.07. The second-order valence-electron chi connectivity index (χ2n) is 1.24. The van der Waals surface area contributed by atoms with Crippen LogP contribution in [0.5, 0.6) is 0 Å². The Morgan fingerprint density at radius 3 is 2.40 bits per heavy atom. The summed E-state index contributed by atoms with van der Waals surface area (Å²) in [4.78, 5) is 13.9. The molecule has 2 N–H and O–H groups in total. The van der Waals surface area contributed by atoms with E-state index in [1.165, 1.54) is 11.3 Å². The first-order chi connectivity index (χ1) is 3.80. The summed E-state index contributed by atoms with van der Waals surface area (Å²) < 4.78 is 0. The Hall–Kier alpha value is -0.320. The van der Waals surface area contributed by atoms with Gasteiger partial charge in [-0.2, -0.15) is 0 Å². The number of carbonyl (C=O) groups excluding carboxylic acids is 1. The van der Waals surface area contributed by atoms with Gasteiger partial charge in [0.25, 0.3) is 5.91 Å². The van der Waals surface area contributed by atoms with E-state index in [1.54, 1.807) is 10.9 Å². The molecule has 0 radical (unpaired) electrons. The van der Waals surface area contributed by atoms with Crippen molar-refractivity contribution in [1.82, 2.24) is 4.98 Å². The van der Waals surface area contributed by atoms with Crippen molar-refractivity contribution in [3.63, 3.8) is 0 Å². The van der Waals surface area contributed by atoms with Crippen molar-refractivity contribution in [1.29, 1.82) is 0 Å². The van der Waals surface area contributed by atoms with Gasteiger partial charge >= 0.3 is 0 Å². The SMILES string of the molecule is Cl.Cl.NC(=O)c1cscn1. The Bertz CT molecular complexity index is 189. The Morgan fingerprint density at radius 2 is 2.20 bits per heavy atom. The van der Waals surface area contributed by atoms with Crippen LogP contribution in [0, 0.1) is 0 Å². The van der Waals surface area contributed by atoms with Crippen molar-refractivity contribution < 1.29 is 4.79 Å². The third-order valence-electron chi connectivity index (χ3n) is 0.685. The Morgan fingerprint density at radius 1 is 1.60 bits per heavy atom. The smallest absolute Gasteiger partial charge is 0.268 e. The lowest BCUT2D eigenvalue weighted by molar-refractivity contribution is 0.0996. The number of amides is 1. The van der Waals surface area contributed by atoms with Gasteiger partial charge in [0, 0.05) is 5.38 Å². The molecule has 0 unspecified atom stereocenters. The van der Waals surface area contributed by atoms with E-state index in [0.717, 1.165) is 0 Å². The fourth-order valence-electron chi connectivity index (χ4n) is 0.334. The van der Waals surface area contributed by atoms with Crippen LogP contribution in [0.2, 0.25) is 0 Å². The zero-order chi connectivity index (χ0) is 5.98. The van der Waals surface area contributed by atoms with Crippen LogP contribution in [0.3, 0.4) is 0 Å². The van der Waals surface area contributed by atoms with Gasteiger partial charge in [0.05, 0.1) is 5.51 Å². The van der Waals surface area contributed by atoms with Crippen molar-refractivity contribution >= 4 is 42.1 Å². The highest BCUT2D eigenvalue weighted by Crippen LogP contribution is 1.97. The van der Waals surface area contributed by atoms with Gasteiger partial charge in [-0.05, 0) is 0 Å². The third kappa shape index (κ3) is 3.00. The summed E-state index contributed by atoms with van der Waals surface area (Å²) in [6, 6.07) is 0. The molecule has 0 aliphatic heterocycles. The van der Waals surface area contributed by atoms with Gasteiger partial charge < -0.3 is 5.73 Å². The summed E-state index contributed by atoms with van der Waals surface area (Å²) in [6.07, 6.45) is 0. The summed E-state index contributed by atoms with van der Waals surface area (Å²) in [5.74, 6) is -0.466. The molecular formula is C4H6Cl2N2OS. The van der Waals surface area contributed by atoms with Crippen molar-refractivity contribution in [2.24, 2.45) is 5.73 Å². The molecule has 10 heavy (non-hydrogen) atoms. The largest absolute Gasteiger partial charge is 0.364 e. The minimum Gasteiger partial charge on any atom is -0.364 e. The maximum absolute atomic E-state index is 10.2. The van der Waals surface area contributed by atoms with Gasteiger partial charge in [0.1, 0.15) is 5.69 Å². The maximum Gasteiger partial charge on any atom is 0.268 e. The number of carbonyl (C=O) groups is 1. The summed E-state index contributed by atoms with van der Waals surface area (Å²) in [6.45, 7) is 0. The molecular weight excluding hydrogens is 195 g/mol. The zero-order valence-electron chi connectivity index (χ0n) is 4.81. The summed E-state index contributed by atoms with van der Waals surface area (Å²) in [5.41, 5.74) is 6.78. The van der Waals surface area contributed by atoms with Crippen LogP contribution in [0.15, 0.2) is 10.9 Å². The van der Waals surface area contributed by atoms with E-state index in [-0.39, 0.29) is 24.8 Å². The number of thiazole rings is 1. The minimum atomic E-state index is -0.466. The van der Waals surface area contributed by atoms with Crippen LogP contribution >= 0.6 is 36.2 Å². The molecule has 1 aromatic rings. The van der Waals surface area contributed by atoms with Crippen LogP contribution in [0.4, 0.5) is 0 Å². The molecule has 0 aliphatic carbocycles. The lowest BCUT2D eigenvalue weighted by Crippen LogP contribution is -2.10. The van der Waals surface area contributed by atoms with Gasteiger partial charge in [-0.15, -0.1) is 36.2 Å². The minimum absolute atomic E-state index is 0. The highest BCUT2D eigenvalue weighted by atomic mass is 35.5. The fourth-order valence-corrected chi connectivity index (χ4v) is 0.875. The first-order valence-electron chi connectivity index (χ1n) is 1.98. The predicted octanol–water partition coefficient (Wildman–Crippen LogP) is 1.09. The lowest BCUT2D eigenvalue weighted by Gasteiger charge is -1.79. The molecule has 58 valence electrons. The number of hydrogen-bond donors (Lipinski definition) is 1. The van der Waals surface area contributed by atoms with E-state index < -0.39 is 5.91 Å². The van der Waals surface area contributed by atoms with Gasteiger partial charge in [-0.1, -0.05) is 0 Å². The number of halogens is 2. The molecule has 0 fully saturated rings. The first kappa shape index (κ1) is 12.4. The molecule has 0 aromatic carbocycles. The molecule has 3 nitrogen and oxygen atoms in total. The second kappa shape index (κ2) is 5.46. The van der Waals surface area contributed by atoms with Crippen LogP contribution < -0.4 is 5.73 Å². The molecule has 0 saturated carbocycles. The summed E-state index contributed by atoms with van der Waals surface area (Å²) in [5, 5.41) is 1.61. The van der Waals surface area contributed by atoms with Crippen LogP contribution in [-0.4, -0.2) is 10.9 Å². The van der Waals surface area contributed by atoms with Gasteiger partial charge in [-0.25, -0.2) is 4.98 Å². The topological polar surface area (TPSA) is 56.0 Å².